The number of allylic oxidation sites excluding steroid dienone is 2. The van der Waals surface area contributed by atoms with E-state index < -0.39 is 5.60 Å². The Morgan fingerprint density at radius 2 is 2.12 bits per heavy atom. The van der Waals surface area contributed by atoms with Gasteiger partial charge < -0.3 is 10.2 Å². The van der Waals surface area contributed by atoms with Crippen LogP contribution in [0, 0.1) is 41.4 Å². The van der Waals surface area contributed by atoms with Gasteiger partial charge in [-0.05, 0) is 81.5 Å². The van der Waals surface area contributed by atoms with Gasteiger partial charge in [0.25, 0.3) is 0 Å². The summed E-state index contributed by atoms with van der Waals surface area (Å²) in [6, 6.07) is 0. The second-order valence-corrected chi connectivity index (χ2v) is 9.31. The van der Waals surface area contributed by atoms with Crippen molar-refractivity contribution < 1.29 is 10.2 Å². The van der Waals surface area contributed by atoms with E-state index >= 15 is 0 Å². The molecule has 0 aromatic heterocycles. The van der Waals surface area contributed by atoms with Crippen molar-refractivity contribution in [1.82, 2.24) is 0 Å². The smallest absolute Gasteiger partial charge is 0.130 e. The Morgan fingerprint density at radius 1 is 1.32 bits per heavy atom. The number of terminal acetylenes is 1. The molecule has 0 aromatic carbocycles. The fraction of sp³-hybridized carbons (Fsp3) is 0.739. The zero-order valence-corrected chi connectivity index (χ0v) is 15.5. The van der Waals surface area contributed by atoms with E-state index in [9.17, 15) is 10.2 Å². The lowest BCUT2D eigenvalue weighted by Crippen LogP contribution is -2.54. The number of rotatable bonds is 2. The van der Waals surface area contributed by atoms with E-state index in [4.69, 9.17) is 6.42 Å². The molecule has 2 fully saturated rings. The molecule has 0 amide bonds. The molecule has 4 aliphatic carbocycles. The molecule has 4 rings (SSSR count). The third-order valence-electron chi connectivity index (χ3n) is 8.33. The first kappa shape index (κ1) is 17.4. The Bertz CT molecular complexity index is 641. The van der Waals surface area contributed by atoms with Gasteiger partial charge in [0.1, 0.15) is 5.60 Å². The Morgan fingerprint density at radius 3 is 2.84 bits per heavy atom. The lowest BCUT2D eigenvalue weighted by atomic mass is 9.49. The van der Waals surface area contributed by atoms with Gasteiger partial charge in [0.2, 0.25) is 0 Å². The molecule has 0 radical (unpaired) electrons. The number of fused-ring (bicyclic) bond motifs is 4. The highest BCUT2D eigenvalue weighted by molar-refractivity contribution is 5.31. The van der Waals surface area contributed by atoms with Crippen molar-refractivity contribution in [3.05, 3.63) is 23.8 Å². The molecule has 25 heavy (non-hydrogen) atoms. The van der Waals surface area contributed by atoms with Crippen LogP contribution < -0.4 is 0 Å². The summed E-state index contributed by atoms with van der Waals surface area (Å²) >= 11 is 0. The third-order valence-corrected chi connectivity index (χ3v) is 8.33. The van der Waals surface area contributed by atoms with Crippen molar-refractivity contribution in [3.8, 4) is 12.3 Å². The van der Waals surface area contributed by atoms with Gasteiger partial charge in [-0.15, -0.1) is 13.0 Å². The second-order valence-electron chi connectivity index (χ2n) is 9.31. The van der Waals surface area contributed by atoms with Crippen LogP contribution >= 0.6 is 0 Å². The van der Waals surface area contributed by atoms with Crippen LogP contribution in [-0.4, -0.2) is 21.9 Å². The van der Waals surface area contributed by atoms with Gasteiger partial charge in [0, 0.05) is 5.41 Å². The van der Waals surface area contributed by atoms with Gasteiger partial charge in [-0.3, -0.25) is 0 Å². The van der Waals surface area contributed by atoms with Crippen molar-refractivity contribution >= 4 is 0 Å². The normalized spacial score (nSPS) is 49.0. The molecule has 2 N–H and O–H groups in total. The molecule has 0 aliphatic heterocycles. The largest absolute Gasteiger partial charge is 0.393 e. The van der Waals surface area contributed by atoms with Crippen molar-refractivity contribution in [2.45, 2.75) is 76.4 Å². The van der Waals surface area contributed by atoms with Crippen LogP contribution in [-0.2, 0) is 0 Å². The van der Waals surface area contributed by atoms with Gasteiger partial charge >= 0.3 is 0 Å². The number of aliphatic hydroxyl groups excluding tert-OH is 1. The summed E-state index contributed by atoms with van der Waals surface area (Å²) in [7, 11) is 0. The molecule has 0 heterocycles. The Labute approximate surface area is 152 Å². The zero-order valence-electron chi connectivity index (χ0n) is 15.5. The molecular weight excluding hydrogens is 308 g/mol. The lowest BCUT2D eigenvalue weighted by Gasteiger charge is -2.56. The van der Waals surface area contributed by atoms with E-state index in [1.807, 2.05) is 0 Å². The maximum absolute atomic E-state index is 11.2. The lowest BCUT2D eigenvalue weighted by molar-refractivity contribution is -0.0926. The standard InChI is InChI=1S/C23H32O2/c1-4-6-16-14-22(3)20(11-12-23(22,25)5-2)19-9-7-15-13-17(24)8-10-18(15)21(16)19/h2,4,16-17,19-21,24-25H,1,6-14H2,3H3/t16-,17-,19?,20?,21?,22-,23-/m0/s1. The molecule has 136 valence electrons. The molecule has 2 nitrogen and oxygen atoms in total. The summed E-state index contributed by atoms with van der Waals surface area (Å²) in [6.45, 7) is 6.27. The molecule has 0 bridgehead atoms. The average molecular weight is 341 g/mol. The summed E-state index contributed by atoms with van der Waals surface area (Å²) in [6.07, 6.45) is 16.7. The topological polar surface area (TPSA) is 40.5 Å². The molecular formula is C23H32O2. The van der Waals surface area contributed by atoms with Crippen LogP contribution in [0.15, 0.2) is 23.8 Å². The molecule has 0 saturated heterocycles. The van der Waals surface area contributed by atoms with Crippen molar-refractivity contribution in [3.63, 3.8) is 0 Å². The Kier molecular flexibility index (Phi) is 4.17. The summed E-state index contributed by atoms with van der Waals surface area (Å²) in [5.74, 6) is 5.10. The van der Waals surface area contributed by atoms with Crippen LogP contribution in [0.3, 0.4) is 0 Å². The van der Waals surface area contributed by atoms with E-state index in [-0.39, 0.29) is 11.5 Å². The quantitative estimate of drug-likeness (QED) is 0.583. The fourth-order valence-corrected chi connectivity index (χ4v) is 7.18. The minimum Gasteiger partial charge on any atom is -0.393 e. The summed E-state index contributed by atoms with van der Waals surface area (Å²) < 4.78 is 0. The first-order valence-electron chi connectivity index (χ1n) is 10.1. The zero-order chi connectivity index (χ0) is 17.8. The minimum atomic E-state index is -0.945. The van der Waals surface area contributed by atoms with Crippen LogP contribution in [0.2, 0.25) is 0 Å². The van der Waals surface area contributed by atoms with Gasteiger partial charge in [-0.2, -0.15) is 0 Å². The second kappa shape index (κ2) is 6.00. The average Bonchev–Trinajstić information content (AvgIpc) is 2.86. The Balaban J connectivity index is 1.75. The van der Waals surface area contributed by atoms with Crippen molar-refractivity contribution in [2.24, 2.45) is 29.1 Å². The predicted molar refractivity (Wildman–Crippen MR) is 101 cm³/mol. The van der Waals surface area contributed by atoms with E-state index in [2.05, 4.69) is 25.5 Å². The monoisotopic (exact) mass is 340 g/mol. The fourth-order valence-electron chi connectivity index (χ4n) is 7.18. The van der Waals surface area contributed by atoms with E-state index in [0.717, 1.165) is 51.4 Å². The maximum Gasteiger partial charge on any atom is 0.130 e. The first-order chi connectivity index (χ1) is 11.9. The van der Waals surface area contributed by atoms with Gasteiger partial charge in [0.05, 0.1) is 6.10 Å². The van der Waals surface area contributed by atoms with Crippen LogP contribution in [0.25, 0.3) is 0 Å². The molecule has 4 aliphatic rings. The molecule has 3 unspecified atom stereocenters. The SMILES string of the molecule is C#C[C@]1(O)CCC2C3CCC4=C(CC[C@H](O)C4)C3[C@@H](CC=C)C[C@@]21C. The third kappa shape index (κ3) is 2.39. The van der Waals surface area contributed by atoms with Crippen molar-refractivity contribution in [1.29, 1.82) is 0 Å². The molecule has 0 spiro atoms. The van der Waals surface area contributed by atoms with E-state index in [1.165, 1.54) is 6.42 Å². The van der Waals surface area contributed by atoms with Crippen LogP contribution in [0.5, 0.6) is 0 Å². The molecule has 7 atom stereocenters. The predicted octanol–water partition coefficient (Wildman–Crippen LogP) is 4.23. The molecule has 2 heteroatoms. The van der Waals surface area contributed by atoms with Crippen molar-refractivity contribution in [2.75, 3.05) is 0 Å². The van der Waals surface area contributed by atoms with Gasteiger partial charge in [0.15, 0.2) is 0 Å². The molecule has 0 aromatic rings. The maximum atomic E-state index is 11.2. The summed E-state index contributed by atoms with van der Waals surface area (Å²) in [5.41, 5.74) is 2.09. The minimum absolute atomic E-state index is 0.139. The van der Waals surface area contributed by atoms with E-state index in [1.54, 1.807) is 11.1 Å². The Hall–Kier alpha value is -1.04. The first-order valence-corrected chi connectivity index (χ1v) is 10.1. The van der Waals surface area contributed by atoms with E-state index in [0.29, 0.717) is 23.7 Å². The summed E-state index contributed by atoms with van der Waals surface area (Å²) in [4.78, 5) is 0. The van der Waals surface area contributed by atoms with Crippen LogP contribution in [0.4, 0.5) is 0 Å². The summed E-state index contributed by atoms with van der Waals surface area (Å²) in [5, 5.41) is 21.3. The number of hydrogen-bond acceptors (Lipinski definition) is 2. The number of hydrogen-bond donors (Lipinski definition) is 2. The van der Waals surface area contributed by atoms with Crippen LogP contribution in [0.1, 0.15) is 64.7 Å². The number of aliphatic hydroxyl groups is 2. The highest BCUT2D eigenvalue weighted by atomic mass is 16.3. The molecule has 2 saturated carbocycles. The van der Waals surface area contributed by atoms with Gasteiger partial charge in [-0.25, -0.2) is 0 Å². The highest BCUT2D eigenvalue weighted by Crippen LogP contribution is 2.66. The highest BCUT2D eigenvalue weighted by Gasteiger charge is 2.63. The van der Waals surface area contributed by atoms with Gasteiger partial charge in [-0.1, -0.05) is 30.1 Å².